The summed E-state index contributed by atoms with van der Waals surface area (Å²) in [7, 11) is 0. The second-order valence-corrected chi connectivity index (χ2v) is 3.66. The summed E-state index contributed by atoms with van der Waals surface area (Å²) in [6, 6.07) is 9.96. The third kappa shape index (κ3) is 2.88. The molecule has 0 bridgehead atoms. The lowest BCUT2D eigenvalue weighted by atomic mass is 10.2. The zero-order valence-electron chi connectivity index (χ0n) is 9.28. The van der Waals surface area contributed by atoms with Crippen molar-refractivity contribution in [2.24, 2.45) is 0 Å². The topological polar surface area (TPSA) is 12.5 Å². The number of rotatable bonds is 1. The Kier molecular flexibility index (Phi) is 3.63. The number of morpholine rings is 1. The molecule has 1 aliphatic rings. The summed E-state index contributed by atoms with van der Waals surface area (Å²) >= 11 is 0. The maximum atomic E-state index is 5.28. The van der Waals surface area contributed by atoms with Crippen molar-refractivity contribution in [3.63, 3.8) is 0 Å². The number of hydrogen-bond acceptors (Lipinski definition) is 2. The Balaban J connectivity index is 1.99. The Bertz CT molecular complexity index is 407. The first-order chi connectivity index (χ1) is 7.86. The van der Waals surface area contributed by atoms with Gasteiger partial charge in [0, 0.05) is 18.7 Å². The highest BCUT2D eigenvalue weighted by Gasteiger charge is 2.09. The minimum absolute atomic E-state index is 0.770. The highest BCUT2D eigenvalue weighted by molar-refractivity contribution is 5.39. The Labute approximate surface area is 96.5 Å². The molecule has 1 heterocycles. The van der Waals surface area contributed by atoms with Gasteiger partial charge in [-0.25, -0.2) is 0 Å². The molecule has 1 aromatic carbocycles. The highest BCUT2D eigenvalue weighted by Crippen LogP contribution is 2.05. The lowest BCUT2D eigenvalue weighted by molar-refractivity contribution is 0.0561. The molecule has 0 aliphatic carbocycles. The van der Waals surface area contributed by atoms with Crippen LogP contribution in [0.4, 0.5) is 0 Å². The van der Waals surface area contributed by atoms with E-state index in [1.165, 1.54) is 0 Å². The summed E-state index contributed by atoms with van der Waals surface area (Å²) in [5.41, 5.74) is 1.91. The average molecular weight is 213 g/mol. The van der Waals surface area contributed by atoms with E-state index in [1.54, 1.807) is 0 Å². The molecule has 0 atom stereocenters. The summed E-state index contributed by atoms with van der Waals surface area (Å²) in [5, 5.41) is 0. The molecular weight excluding hydrogens is 198 g/mol. The van der Waals surface area contributed by atoms with Gasteiger partial charge in [0.2, 0.25) is 0 Å². The average Bonchev–Trinajstić information content (AvgIpc) is 2.38. The van der Waals surface area contributed by atoms with Gasteiger partial charge in [0.25, 0.3) is 0 Å². The molecule has 0 unspecified atom stereocenters. The quantitative estimate of drug-likeness (QED) is 0.660. The van der Waals surface area contributed by atoms with Crippen molar-refractivity contribution in [1.29, 1.82) is 0 Å². The van der Waals surface area contributed by atoms with E-state index in [-0.39, 0.29) is 0 Å². The van der Waals surface area contributed by atoms with E-state index in [2.05, 4.69) is 23.3 Å². The molecule has 82 valence electrons. The maximum Gasteiger partial charge on any atom is 0.0811 e. The fourth-order valence-corrected chi connectivity index (χ4v) is 1.58. The predicted molar refractivity (Wildman–Crippen MR) is 64.9 cm³/mol. The summed E-state index contributed by atoms with van der Waals surface area (Å²) in [5.74, 6) is 6.20. The minimum Gasteiger partial charge on any atom is -0.378 e. The van der Waals surface area contributed by atoms with Crippen LogP contribution in [0, 0.1) is 11.8 Å². The zero-order chi connectivity index (χ0) is 11.2. The normalized spacial score (nSPS) is 15.1. The highest BCUT2D eigenvalue weighted by atomic mass is 16.5. The molecular formula is C14H15NO. The number of hydrogen-bond donors (Lipinski definition) is 0. The van der Waals surface area contributed by atoms with E-state index in [1.807, 2.05) is 30.3 Å². The Hall–Kier alpha value is -1.72. The van der Waals surface area contributed by atoms with Crippen LogP contribution in [-0.2, 0) is 4.74 Å². The molecule has 16 heavy (non-hydrogen) atoms. The molecule has 2 heteroatoms. The molecule has 0 spiro atoms. The van der Waals surface area contributed by atoms with Crippen LogP contribution in [0.2, 0.25) is 0 Å². The number of allylic oxidation sites excluding steroid dienone is 1. The van der Waals surface area contributed by atoms with Gasteiger partial charge in [0.05, 0.1) is 18.9 Å². The van der Waals surface area contributed by atoms with Gasteiger partial charge >= 0.3 is 0 Å². The van der Waals surface area contributed by atoms with E-state index in [4.69, 9.17) is 4.74 Å². The Morgan fingerprint density at radius 3 is 2.56 bits per heavy atom. The molecule has 0 amide bonds. The van der Waals surface area contributed by atoms with Gasteiger partial charge in [-0.3, -0.25) is 0 Å². The Morgan fingerprint density at radius 1 is 1.19 bits per heavy atom. The van der Waals surface area contributed by atoms with Crippen LogP contribution in [-0.4, -0.2) is 31.2 Å². The lowest BCUT2D eigenvalue weighted by Crippen LogP contribution is -2.34. The van der Waals surface area contributed by atoms with Gasteiger partial charge in [-0.2, -0.15) is 0 Å². The van der Waals surface area contributed by atoms with Gasteiger partial charge in [-0.05, 0) is 18.1 Å². The monoisotopic (exact) mass is 213 g/mol. The molecule has 0 N–H and O–H groups in total. The summed E-state index contributed by atoms with van der Waals surface area (Å²) in [4.78, 5) is 2.17. The fraction of sp³-hybridized carbons (Fsp3) is 0.286. The van der Waals surface area contributed by atoms with Gasteiger partial charge < -0.3 is 9.64 Å². The molecule has 1 aromatic rings. The first kappa shape index (κ1) is 10.8. The SMILES string of the molecule is C=C(C#Cc1ccccc1)N1CCOCC1. The lowest BCUT2D eigenvalue weighted by Gasteiger charge is -2.27. The second-order valence-electron chi connectivity index (χ2n) is 3.66. The molecule has 0 radical (unpaired) electrons. The van der Waals surface area contributed by atoms with E-state index >= 15 is 0 Å². The van der Waals surface area contributed by atoms with Crippen LogP contribution in [0.15, 0.2) is 42.6 Å². The smallest absolute Gasteiger partial charge is 0.0811 e. The van der Waals surface area contributed by atoms with E-state index in [0.29, 0.717) is 0 Å². The van der Waals surface area contributed by atoms with Gasteiger partial charge in [0.1, 0.15) is 0 Å². The van der Waals surface area contributed by atoms with E-state index < -0.39 is 0 Å². The van der Waals surface area contributed by atoms with Crippen LogP contribution in [0.3, 0.4) is 0 Å². The van der Waals surface area contributed by atoms with Crippen LogP contribution in [0.25, 0.3) is 0 Å². The minimum atomic E-state index is 0.770. The van der Waals surface area contributed by atoms with Crippen molar-refractivity contribution in [2.45, 2.75) is 0 Å². The first-order valence-electron chi connectivity index (χ1n) is 5.45. The van der Waals surface area contributed by atoms with Crippen molar-refractivity contribution in [2.75, 3.05) is 26.3 Å². The standard InChI is InChI=1S/C14H15NO/c1-13(15-9-11-16-12-10-15)7-8-14-5-3-2-4-6-14/h2-6H,1,9-12H2. The molecule has 0 saturated carbocycles. The summed E-state index contributed by atoms with van der Waals surface area (Å²) in [6.45, 7) is 7.31. The maximum absolute atomic E-state index is 5.28. The summed E-state index contributed by atoms with van der Waals surface area (Å²) in [6.07, 6.45) is 0. The van der Waals surface area contributed by atoms with Gasteiger partial charge in [-0.15, -0.1) is 0 Å². The number of benzene rings is 1. The van der Waals surface area contributed by atoms with Gasteiger partial charge in [0.15, 0.2) is 0 Å². The van der Waals surface area contributed by atoms with Crippen LogP contribution in [0.5, 0.6) is 0 Å². The third-order valence-corrected chi connectivity index (χ3v) is 2.52. The van der Waals surface area contributed by atoms with Crippen molar-refractivity contribution >= 4 is 0 Å². The van der Waals surface area contributed by atoms with Crippen molar-refractivity contribution in [3.8, 4) is 11.8 Å². The third-order valence-electron chi connectivity index (χ3n) is 2.52. The van der Waals surface area contributed by atoms with Crippen molar-refractivity contribution in [1.82, 2.24) is 4.90 Å². The van der Waals surface area contributed by atoms with Crippen LogP contribution in [0.1, 0.15) is 5.56 Å². The van der Waals surface area contributed by atoms with E-state index in [9.17, 15) is 0 Å². The first-order valence-corrected chi connectivity index (χ1v) is 5.45. The zero-order valence-corrected chi connectivity index (χ0v) is 9.28. The second kappa shape index (κ2) is 5.39. The van der Waals surface area contributed by atoms with Crippen molar-refractivity contribution < 1.29 is 4.74 Å². The number of nitrogens with zero attached hydrogens (tertiary/aromatic N) is 1. The molecule has 2 nitrogen and oxygen atoms in total. The molecule has 2 rings (SSSR count). The predicted octanol–water partition coefficient (Wildman–Crippen LogP) is 1.88. The van der Waals surface area contributed by atoms with Crippen LogP contribution >= 0.6 is 0 Å². The number of ether oxygens (including phenoxy) is 1. The molecule has 0 aromatic heterocycles. The van der Waals surface area contributed by atoms with E-state index in [0.717, 1.165) is 37.6 Å². The molecule has 1 fully saturated rings. The van der Waals surface area contributed by atoms with Gasteiger partial charge in [-0.1, -0.05) is 30.7 Å². The molecule has 1 saturated heterocycles. The molecule has 1 aliphatic heterocycles. The fourth-order valence-electron chi connectivity index (χ4n) is 1.58. The summed E-state index contributed by atoms with van der Waals surface area (Å²) < 4.78 is 5.28. The largest absolute Gasteiger partial charge is 0.378 e. The van der Waals surface area contributed by atoms with Crippen LogP contribution < -0.4 is 0 Å². The Morgan fingerprint density at radius 2 is 1.88 bits per heavy atom. The van der Waals surface area contributed by atoms with Crippen molar-refractivity contribution in [3.05, 3.63) is 48.2 Å².